The zero-order chi connectivity index (χ0) is 18.5. The first-order chi connectivity index (χ1) is 12.8. The van der Waals surface area contributed by atoms with Crippen LogP contribution in [0.2, 0.25) is 0 Å². The number of rotatable bonds is 1. The van der Waals surface area contributed by atoms with Crippen molar-refractivity contribution in [1.82, 2.24) is 10.6 Å². The van der Waals surface area contributed by atoms with Crippen LogP contribution < -0.4 is 10.6 Å². The number of fused-ring (bicyclic) bond motifs is 1. The zero-order valence-electron chi connectivity index (χ0n) is 15.1. The maximum absolute atomic E-state index is 12.5. The fourth-order valence-electron chi connectivity index (χ4n) is 2.63. The Balaban J connectivity index is 2.01. The maximum atomic E-state index is 12.5. The van der Waals surface area contributed by atoms with Gasteiger partial charge in [0, 0.05) is 12.2 Å². The highest BCUT2D eigenvalue weighted by Crippen LogP contribution is 2.11. The first-order valence-electron chi connectivity index (χ1n) is 9.16. The second kappa shape index (κ2) is 12.4. The predicted octanol–water partition coefficient (Wildman–Crippen LogP) is 2.19. The normalized spacial score (nSPS) is 22.8. The van der Waals surface area contributed by atoms with E-state index < -0.39 is 6.04 Å². The standard InChI is InChI=1S/C20H28N2O4/c23-14-18-9-3-1-2-6-11-21-16-26-13-7-12-25-15-17-8-4-5-10-19(17)20(24)22-18/h1,3-5,8,10,14,18,21H,2,6-7,9,11-13,15-16H2,(H,22,24)/b3-1-/t18-/m0/s1. The van der Waals surface area contributed by atoms with E-state index in [2.05, 4.69) is 10.6 Å². The van der Waals surface area contributed by atoms with Gasteiger partial charge in [-0.3, -0.25) is 10.1 Å². The van der Waals surface area contributed by atoms with Crippen LogP contribution in [-0.4, -0.2) is 44.7 Å². The van der Waals surface area contributed by atoms with E-state index in [0.29, 0.717) is 38.5 Å². The van der Waals surface area contributed by atoms with Crippen LogP contribution in [-0.2, 0) is 20.9 Å². The van der Waals surface area contributed by atoms with Crippen LogP contribution in [0, 0.1) is 0 Å². The molecule has 6 nitrogen and oxygen atoms in total. The van der Waals surface area contributed by atoms with Crippen molar-refractivity contribution in [1.29, 1.82) is 0 Å². The molecule has 1 atom stereocenters. The first kappa shape index (κ1) is 20.3. The largest absolute Gasteiger partial charge is 0.377 e. The molecule has 1 aromatic carbocycles. The molecule has 1 aromatic rings. The van der Waals surface area contributed by atoms with Gasteiger partial charge in [0.25, 0.3) is 5.91 Å². The van der Waals surface area contributed by atoms with Crippen LogP contribution in [0.15, 0.2) is 36.4 Å². The minimum atomic E-state index is -0.527. The molecule has 0 bridgehead atoms. The Kier molecular flexibility index (Phi) is 9.64. The molecule has 2 N–H and O–H groups in total. The number of ether oxygens (including phenoxy) is 2. The molecule has 0 aliphatic carbocycles. The summed E-state index contributed by atoms with van der Waals surface area (Å²) in [4.78, 5) is 23.8. The minimum absolute atomic E-state index is 0.250. The molecule has 26 heavy (non-hydrogen) atoms. The molecule has 142 valence electrons. The van der Waals surface area contributed by atoms with Gasteiger partial charge in [-0.25, -0.2) is 0 Å². The summed E-state index contributed by atoms with van der Waals surface area (Å²) in [5.41, 5.74) is 1.35. The fraction of sp³-hybridized carbons (Fsp3) is 0.500. The summed E-state index contributed by atoms with van der Waals surface area (Å²) in [7, 11) is 0. The lowest BCUT2D eigenvalue weighted by atomic mass is 10.1. The van der Waals surface area contributed by atoms with E-state index in [-0.39, 0.29) is 5.91 Å². The van der Waals surface area contributed by atoms with Crippen molar-refractivity contribution in [3.8, 4) is 0 Å². The molecule has 1 heterocycles. The number of carbonyl (C=O) groups is 2. The molecule has 1 aliphatic rings. The molecule has 0 fully saturated rings. The number of benzene rings is 1. The van der Waals surface area contributed by atoms with E-state index in [1.165, 1.54) is 0 Å². The van der Waals surface area contributed by atoms with Crippen LogP contribution in [0.25, 0.3) is 0 Å². The van der Waals surface area contributed by atoms with E-state index in [4.69, 9.17) is 9.47 Å². The van der Waals surface area contributed by atoms with Crippen LogP contribution in [0.3, 0.4) is 0 Å². The van der Waals surface area contributed by atoms with Crippen molar-refractivity contribution >= 4 is 12.2 Å². The molecule has 1 amide bonds. The van der Waals surface area contributed by atoms with Gasteiger partial charge in [-0.2, -0.15) is 0 Å². The highest BCUT2D eigenvalue weighted by molar-refractivity contribution is 5.97. The summed E-state index contributed by atoms with van der Waals surface area (Å²) in [5.74, 6) is -0.250. The van der Waals surface area contributed by atoms with Gasteiger partial charge >= 0.3 is 0 Å². The first-order valence-corrected chi connectivity index (χ1v) is 9.16. The average Bonchev–Trinajstić information content (AvgIpc) is 2.66. The minimum Gasteiger partial charge on any atom is -0.377 e. The summed E-state index contributed by atoms with van der Waals surface area (Å²) in [5, 5.41) is 6.02. The molecule has 0 saturated heterocycles. The van der Waals surface area contributed by atoms with Crippen LogP contribution in [0.5, 0.6) is 0 Å². The Morgan fingerprint density at radius 2 is 1.92 bits per heavy atom. The molecule has 0 radical (unpaired) electrons. The van der Waals surface area contributed by atoms with E-state index in [1.54, 1.807) is 6.07 Å². The van der Waals surface area contributed by atoms with Crippen LogP contribution in [0.4, 0.5) is 0 Å². The Morgan fingerprint density at radius 3 is 2.81 bits per heavy atom. The number of allylic oxidation sites excluding steroid dienone is 1. The van der Waals surface area contributed by atoms with Gasteiger partial charge in [-0.15, -0.1) is 0 Å². The van der Waals surface area contributed by atoms with Crippen molar-refractivity contribution in [3.63, 3.8) is 0 Å². The van der Waals surface area contributed by atoms with Gasteiger partial charge in [0.15, 0.2) is 0 Å². The SMILES string of the molecule is O=C[C@@H]1C/C=C\CCCNCOCCCOCc2ccccc2C(=O)N1. The molecular formula is C20H28N2O4. The Morgan fingerprint density at radius 1 is 1.08 bits per heavy atom. The van der Waals surface area contributed by atoms with Crippen molar-refractivity contribution in [2.24, 2.45) is 0 Å². The average molecular weight is 360 g/mol. The van der Waals surface area contributed by atoms with Crippen molar-refractivity contribution in [2.45, 2.75) is 38.3 Å². The number of hydrogen-bond acceptors (Lipinski definition) is 5. The topological polar surface area (TPSA) is 76.7 Å². The molecule has 0 spiro atoms. The van der Waals surface area contributed by atoms with Gasteiger partial charge in [0.2, 0.25) is 0 Å². The van der Waals surface area contributed by atoms with Gasteiger partial charge in [0.1, 0.15) is 6.29 Å². The third-order valence-electron chi connectivity index (χ3n) is 4.06. The van der Waals surface area contributed by atoms with E-state index in [0.717, 1.165) is 37.7 Å². The lowest BCUT2D eigenvalue weighted by Gasteiger charge is -2.14. The zero-order valence-corrected chi connectivity index (χ0v) is 15.1. The summed E-state index contributed by atoms with van der Waals surface area (Å²) < 4.78 is 11.2. The van der Waals surface area contributed by atoms with Crippen LogP contribution >= 0.6 is 0 Å². The number of hydrogen-bond donors (Lipinski definition) is 2. The van der Waals surface area contributed by atoms with Gasteiger partial charge in [0.05, 0.1) is 26.0 Å². The Labute approximate surface area is 154 Å². The van der Waals surface area contributed by atoms with Crippen LogP contribution in [0.1, 0.15) is 41.6 Å². The van der Waals surface area contributed by atoms with Gasteiger partial charge < -0.3 is 19.6 Å². The summed E-state index contributed by atoms with van der Waals surface area (Å²) >= 11 is 0. The second-order valence-corrected chi connectivity index (χ2v) is 6.18. The van der Waals surface area contributed by atoms with Gasteiger partial charge in [-0.1, -0.05) is 30.4 Å². The Bertz CT molecular complexity index is 589. The third-order valence-corrected chi connectivity index (χ3v) is 4.06. The number of aldehydes is 1. The molecule has 0 aromatic heterocycles. The second-order valence-electron chi connectivity index (χ2n) is 6.18. The van der Waals surface area contributed by atoms with Gasteiger partial charge in [-0.05, 0) is 43.9 Å². The van der Waals surface area contributed by atoms with E-state index in [1.807, 2.05) is 30.4 Å². The van der Waals surface area contributed by atoms with E-state index in [9.17, 15) is 9.59 Å². The predicted molar refractivity (Wildman–Crippen MR) is 99.8 cm³/mol. The smallest absolute Gasteiger partial charge is 0.252 e. The van der Waals surface area contributed by atoms with Crippen molar-refractivity contribution < 1.29 is 19.1 Å². The molecule has 6 heteroatoms. The lowest BCUT2D eigenvalue weighted by Crippen LogP contribution is -2.36. The number of amides is 1. The molecule has 1 aliphatic heterocycles. The molecule has 0 unspecified atom stereocenters. The summed E-state index contributed by atoms with van der Waals surface area (Å²) in [6.45, 7) is 2.97. The quantitative estimate of drug-likeness (QED) is 0.593. The third kappa shape index (κ3) is 7.47. The molecular weight excluding hydrogens is 332 g/mol. The lowest BCUT2D eigenvalue weighted by molar-refractivity contribution is -0.109. The van der Waals surface area contributed by atoms with E-state index >= 15 is 0 Å². The maximum Gasteiger partial charge on any atom is 0.252 e. The molecule has 0 saturated carbocycles. The highest BCUT2D eigenvalue weighted by Gasteiger charge is 2.15. The fourth-order valence-corrected chi connectivity index (χ4v) is 2.63. The van der Waals surface area contributed by atoms with Crippen molar-refractivity contribution in [3.05, 3.63) is 47.5 Å². The monoisotopic (exact) mass is 360 g/mol. The number of nitrogens with one attached hydrogen (secondary N) is 2. The van der Waals surface area contributed by atoms with Crippen molar-refractivity contribution in [2.75, 3.05) is 26.5 Å². The number of carbonyl (C=O) groups excluding carboxylic acids is 2. The highest BCUT2D eigenvalue weighted by atomic mass is 16.5. The molecule has 2 rings (SSSR count). The summed E-state index contributed by atoms with van der Waals surface area (Å²) in [6, 6.07) is 6.78. The summed E-state index contributed by atoms with van der Waals surface area (Å²) in [6.07, 6.45) is 7.97. The Hall–Kier alpha value is -2.02.